The van der Waals surface area contributed by atoms with Gasteiger partial charge in [0.2, 0.25) is 11.6 Å². The highest BCUT2D eigenvalue weighted by Crippen LogP contribution is 2.34. The molecule has 14 heteroatoms. The monoisotopic (exact) mass is 775 g/mol. The highest BCUT2D eigenvalue weighted by molar-refractivity contribution is 9.10. The molecule has 4 rings (SSSR count). The minimum Gasteiger partial charge on any atom is -0.618 e. The predicted molar refractivity (Wildman–Crippen MR) is 197 cm³/mol. The number of carboxylic acids is 1. The molecule has 1 unspecified atom stereocenters. The first-order valence-electron chi connectivity index (χ1n) is 17.5. The summed E-state index contributed by atoms with van der Waals surface area (Å²) in [5.41, 5.74) is 3.17. The van der Waals surface area contributed by atoms with Crippen molar-refractivity contribution in [3.63, 3.8) is 0 Å². The van der Waals surface area contributed by atoms with E-state index in [0.29, 0.717) is 36.9 Å². The van der Waals surface area contributed by atoms with Crippen LogP contribution in [0.1, 0.15) is 87.0 Å². The normalized spacial score (nSPS) is 17.6. The Morgan fingerprint density at radius 1 is 1.12 bits per heavy atom. The third kappa shape index (κ3) is 11.2. The summed E-state index contributed by atoms with van der Waals surface area (Å²) < 4.78 is 1.84. The molecule has 4 N–H and O–H groups in total. The Morgan fingerprint density at radius 3 is 2.27 bits per heavy atom. The second kappa shape index (κ2) is 18.8. The lowest BCUT2D eigenvalue weighted by Crippen LogP contribution is -2.57. The predicted octanol–water partition coefficient (Wildman–Crippen LogP) is 3.80. The van der Waals surface area contributed by atoms with Crippen molar-refractivity contribution >= 4 is 39.4 Å². The van der Waals surface area contributed by atoms with Gasteiger partial charge in [-0.15, -0.1) is 0 Å². The number of carbonyl (C=O) groups is 3. The van der Waals surface area contributed by atoms with Crippen molar-refractivity contribution in [2.45, 2.75) is 85.3 Å². The lowest BCUT2D eigenvalue weighted by Gasteiger charge is -2.49. The Morgan fingerprint density at radius 2 is 1.73 bits per heavy atom. The molecule has 0 radical (unpaired) electrons. The van der Waals surface area contributed by atoms with Gasteiger partial charge in [0.15, 0.2) is 6.20 Å². The molecular weight excluding hydrogens is 722 g/mol. The molecule has 2 aliphatic heterocycles. The minimum absolute atomic E-state index is 0.0257. The molecule has 2 amide bonds. The number of rotatable bonds is 12. The molecule has 1 aromatic heterocycles. The first-order valence-corrected chi connectivity index (χ1v) is 18.3. The molecule has 2 fully saturated rings. The highest BCUT2D eigenvalue weighted by atomic mass is 79.9. The van der Waals surface area contributed by atoms with Gasteiger partial charge in [-0.05, 0) is 82.8 Å². The summed E-state index contributed by atoms with van der Waals surface area (Å²) in [6, 6.07) is 10.0. The molecule has 2 saturated heterocycles. The highest BCUT2D eigenvalue weighted by Gasteiger charge is 2.40. The third-order valence-corrected chi connectivity index (χ3v) is 10.5. The number of aromatic nitrogens is 1. The van der Waals surface area contributed by atoms with Gasteiger partial charge in [-0.2, -0.15) is 4.73 Å². The quantitative estimate of drug-likeness (QED) is 0.108. The van der Waals surface area contributed by atoms with Crippen LogP contribution in [0, 0.1) is 30.4 Å². The molecule has 282 valence electrons. The molecular formula is C37H54BrN5O8. The zero-order valence-electron chi connectivity index (χ0n) is 30.7. The number of oxime groups is 1. The zero-order chi connectivity index (χ0) is 37.9. The number of amides is 2. The number of pyridine rings is 1. The number of aliphatic hydroxyl groups excluding tert-OH is 2. The number of likely N-dealkylation sites (tertiary alicyclic amines) is 2. The summed E-state index contributed by atoms with van der Waals surface area (Å²) in [7, 11) is 0. The van der Waals surface area contributed by atoms with Gasteiger partial charge in [0.25, 0.3) is 5.91 Å². The summed E-state index contributed by atoms with van der Waals surface area (Å²) in [6.07, 6.45) is 3.85. The average Bonchev–Trinajstić information content (AvgIpc) is 3.11. The number of nitrogens with zero attached hydrogens (tertiary/aromatic N) is 4. The summed E-state index contributed by atoms with van der Waals surface area (Å²) >= 11 is 3.52. The Kier molecular flexibility index (Phi) is 15.4. The number of piperidine rings is 2. The fourth-order valence-electron chi connectivity index (χ4n) is 6.40. The van der Waals surface area contributed by atoms with Gasteiger partial charge >= 0.3 is 5.97 Å². The van der Waals surface area contributed by atoms with Crippen LogP contribution >= 0.6 is 15.9 Å². The molecule has 1 aromatic carbocycles. The smallest absolute Gasteiger partial charge is 0.305 e. The van der Waals surface area contributed by atoms with E-state index in [-0.39, 0.29) is 31.0 Å². The summed E-state index contributed by atoms with van der Waals surface area (Å²) in [6.45, 7) is 14.6. The molecule has 2 aliphatic rings. The van der Waals surface area contributed by atoms with E-state index >= 15 is 0 Å². The van der Waals surface area contributed by atoms with Crippen LogP contribution in [0.4, 0.5) is 0 Å². The van der Waals surface area contributed by atoms with E-state index in [9.17, 15) is 24.7 Å². The number of aryl methyl sites for hydroxylation is 1. The van der Waals surface area contributed by atoms with E-state index in [0.717, 1.165) is 64.8 Å². The van der Waals surface area contributed by atoms with Gasteiger partial charge < -0.3 is 35.6 Å². The fourth-order valence-corrected chi connectivity index (χ4v) is 6.66. The molecule has 0 saturated carbocycles. The summed E-state index contributed by atoms with van der Waals surface area (Å²) in [5.74, 6) is -1.36. The minimum atomic E-state index is -1.35. The van der Waals surface area contributed by atoms with Crippen LogP contribution in [0.15, 0.2) is 46.2 Å². The maximum atomic E-state index is 13.3. The Balaban J connectivity index is 0.000000396. The SMILES string of the molecule is CC(C)(CO)C(O)C(=O)NCCC(=O)O.CCO/N=C(/c1ccc(Br)cc1)C1CCN(C2(C)CCN(C(=O)c3c(C)cc[n+]([O-])c3C)CC2)CC1. The van der Waals surface area contributed by atoms with E-state index in [4.69, 9.17) is 15.1 Å². The number of halogens is 1. The van der Waals surface area contributed by atoms with Crippen LogP contribution in [-0.4, -0.2) is 106 Å². The third-order valence-electron chi connectivity index (χ3n) is 10.00. The van der Waals surface area contributed by atoms with Gasteiger partial charge in [0, 0.05) is 54.0 Å². The number of nitrogens with one attached hydrogen (secondary N) is 1. The van der Waals surface area contributed by atoms with Crippen LogP contribution in [0.25, 0.3) is 0 Å². The van der Waals surface area contributed by atoms with Crippen molar-refractivity contribution in [3.8, 4) is 0 Å². The van der Waals surface area contributed by atoms with Crippen LogP contribution in [0.2, 0.25) is 0 Å². The van der Waals surface area contributed by atoms with E-state index in [1.54, 1.807) is 13.0 Å². The van der Waals surface area contributed by atoms with E-state index in [1.807, 2.05) is 18.7 Å². The second-order valence-corrected chi connectivity index (χ2v) is 15.1. The molecule has 0 spiro atoms. The standard InChI is InChI=1S/C28H37BrN4O3.C9H17NO5/c1-5-36-30-26(22-6-8-24(29)9-7-22)23-11-15-32(16-12-23)28(4)13-18-31(19-14-28)27(34)25-20(2)10-17-33(35)21(25)3;1-9(2,5-11)7(14)8(15)10-4-3-6(12)13/h6-10,17,23H,5,11-16,18-19H2,1-4H3;7,11,14H,3-5H2,1-2H3,(H,10,15)(H,12,13)/b30-26-;. The topological polar surface area (TPSA) is 179 Å². The van der Waals surface area contributed by atoms with Crippen molar-refractivity contribution in [1.82, 2.24) is 15.1 Å². The number of benzene rings is 1. The zero-order valence-corrected chi connectivity index (χ0v) is 32.2. The van der Waals surface area contributed by atoms with Gasteiger partial charge in [0.1, 0.15) is 18.3 Å². The molecule has 13 nitrogen and oxygen atoms in total. The number of carboxylic acid groups (broad SMARTS) is 1. The van der Waals surface area contributed by atoms with Crippen molar-refractivity contribution in [3.05, 3.63) is 68.6 Å². The molecule has 2 aromatic rings. The molecule has 1 atom stereocenters. The number of hydrogen-bond donors (Lipinski definition) is 4. The Hall–Kier alpha value is -3.59. The van der Waals surface area contributed by atoms with Crippen molar-refractivity contribution in [2.24, 2.45) is 16.5 Å². The van der Waals surface area contributed by atoms with Crippen LogP contribution in [0.3, 0.4) is 0 Å². The lowest BCUT2D eigenvalue weighted by molar-refractivity contribution is -0.612. The summed E-state index contributed by atoms with van der Waals surface area (Å²) in [4.78, 5) is 44.7. The fraction of sp³-hybridized carbons (Fsp3) is 0.595. The number of aliphatic carboxylic acids is 1. The maximum Gasteiger partial charge on any atom is 0.305 e. The van der Waals surface area contributed by atoms with E-state index in [2.05, 4.69) is 62.5 Å². The molecule has 0 bridgehead atoms. The molecule has 51 heavy (non-hydrogen) atoms. The van der Waals surface area contributed by atoms with Crippen molar-refractivity contribution in [1.29, 1.82) is 0 Å². The van der Waals surface area contributed by atoms with Gasteiger partial charge in [-0.25, -0.2) is 0 Å². The number of hydrogen-bond acceptors (Lipinski definition) is 9. The van der Waals surface area contributed by atoms with Crippen LogP contribution < -0.4 is 10.0 Å². The van der Waals surface area contributed by atoms with Gasteiger partial charge in [0.05, 0.1) is 18.7 Å². The number of aliphatic hydroxyl groups is 2. The van der Waals surface area contributed by atoms with Crippen LogP contribution in [0.5, 0.6) is 0 Å². The van der Waals surface area contributed by atoms with Crippen molar-refractivity contribution in [2.75, 3.05) is 45.9 Å². The largest absolute Gasteiger partial charge is 0.618 e. The maximum absolute atomic E-state index is 13.3. The van der Waals surface area contributed by atoms with Crippen molar-refractivity contribution < 1.29 is 39.3 Å². The summed E-state index contributed by atoms with van der Waals surface area (Å²) in [5, 5.41) is 45.5. The Labute approximate surface area is 309 Å². The van der Waals surface area contributed by atoms with E-state index < -0.39 is 23.4 Å². The Bertz CT molecular complexity index is 1520. The average molecular weight is 777 g/mol. The van der Waals surface area contributed by atoms with Gasteiger partial charge in [-0.1, -0.05) is 47.1 Å². The number of carbonyl (C=O) groups excluding carboxylic acids is 2. The first-order chi connectivity index (χ1) is 24.0. The lowest BCUT2D eigenvalue weighted by atomic mass is 9.82. The van der Waals surface area contributed by atoms with E-state index in [1.165, 1.54) is 20.0 Å². The van der Waals surface area contributed by atoms with Gasteiger partial charge in [-0.3, -0.25) is 19.3 Å². The van der Waals surface area contributed by atoms with Crippen LogP contribution in [-0.2, 0) is 14.4 Å². The first kappa shape index (κ1) is 41.8. The second-order valence-electron chi connectivity index (χ2n) is 14.2. The molecule has 3 heterocycles. The molecule has 0 aliphatic carbocycles.